The zero-order chi connectivity index (χ0) is 16.1. The Morgan fingerprint density at radius 1 is 1.50 bits per heavy atom. The summed E-state index contributed by atoms with van der Waals surface area (Å²) in [6.45, 7) is 0.595. The van der Waals surface area contributed by atoms with Gasteiger partial charge >= 0.3 is 0 Å². The van der Waals surface area contributed by atoms with Crippen molar-refractivity contribution in [3.8, 4) is 0 Å². The SMILES string of the molecule is CNc1ncnc2c1c(F)cn2[C@@H]1O[C@H](CO)[C@@H](O)[C@@]1(C)F. The molecule has 0 saturated carbocycles. The summed E-state index contributed by atoms with van der Waals surface area (Å²) in [4.78, 5) is 7.89. The van der Waals surface area contributed by atoms with E-state index in [0.717, 1.165) is 13.1 Å². The molecule has 22 heavy (non-hydrogen) atoms. The Kier molecular flexibility index (Phi) is 3.50. The summed E-state index contributed by atoms with van der Waals surface area (Å²) in [6.07, 6.45) is -1.67. The Balaban J connectivity index is 2.15. The molecule has 0 bridgehead atoms. The van der Waals surface area contributed by atoms with E-state index in [1.165, 1.54) is 10.9 Å². The number of aliphatic hydroxyl groups is 2. The van der Waals surface area contributed by atoms with E-state index in [0.29, 0.717) is 0 Å². The van der Waals surface area contributed by atoms with Gasteiger partial charge in [-0.2, -0.15) is 0 Å². The number of aliphatic hydroxyl groups excluding tert-OH is 2. The molecule has 7 nitrogen and oxygen atoms in total. The Morgan fingerprint density at radius 2 is 2.23 bits per heavy atom. The highest BCUT2D eigenvalue weighted by Gasteiger charge is 2.55. The zero-order valence-electron chi connectivity index (χ0n) is 12.0. The highest BCUT2D eigenvalue weighted by atomic mass is 19.1. The fourth-order valence-corrected chi connectivity index (χ4v) is 2.77. The van der Waals surface area contributed by atoms with Crippen molar-refractivity contribution in [1.82, 2.24) is 14.5 Å². The Morgan fingerprint density at radius 3 is 2.82 bits per heavy atom. The lowest BCUT2D eigenvalue weighted by molar-refractivity contribution is -0.0566. The average molecular weight is 314 g/mol. The van der Waals surface area contributed by atoms with E-state index >= 15 is 0 Å². The number of nitrogens with one attached hydrogen (secondary N) is 1. The number of nitrogens with zero attached hydrogens (tertiary/aromatic N) is 3. The number of anilines is 1. The molecule has 0 unspecified atom stereocenters. The van der Waals surface area contributed by atoms with E-state index in [4.69, 9.17) is 9.84 Å². The number of hydrogen-bond donors (Lipinski definition) is 3. The molecule has 2 aromatic heterocycles. The van der Waals surface area contributed by atoms with Gasteiger partial charge < -0.3 is 20.3 Å². The van der Waals surface area contributed by atoms with Crippen LogP contribution in [-0.2, 0) is 4.74 Å². The maximum Gasteiger partial charge on any atom is 0.181 e. The Bertz CT molecular complexity index is 706. The fraction of sp³-hybridized carbons (Fsp3) is 0.538. The van der Waals surface area contributed by atoms with Gasteiger partial charge in [-0.3, -0.25) is 4.57 Å². The maximum atomic E-state index is 14.8. The van der Waals surface area contributed by atoms with Crippen molar-refractivity contribution in [3.05, 3.63) is 18.3 Å². The standard InChI is InChI=1S/C13H16F2N4O3/c1-13(15)9(21)7(4-20)22-12(13)19-3-6(14)8-10(16-2)17-5-18-11(8)19/h3,5,7,9,12,20-21H,4H2,1-2H3,(H,16,17,18)/t7-,9-,12-,13-/m1/s1. The molecular weight excluding hydrogens is 298 g/mol. The van der Waals surface area contributed by atoms with Crippen LogP contribution in [0.2, 0.25) is 0 Å². The molecule has 1 aliphatic heterocycles. The molecule has 9 heteroatoms. The van der Waals surface area contributed by atoms with Crippen molar-refractivity contribution in [2.75, 3.05) is 19.0 Å². The zero-order valence-corrected chi connectivity index (χ0v) is 12.0. The minimum atomic E-state index is -2.21. The minimum Gasteiger partial charge on any atom is -0.394 e. The molecule has 3 N–H and O–H groups in total. The molecule has 1 aliphatic rings. The van der Waals surface area contributed by atoms with Crippen molar-refractivity contribution in [2.24, 2.45) is 0 Å². The van der Waals surface area contributed by atoms with E-state index < -0.39 is 36.5 Å². The molecule has 0 aromatic carbocycles. The summed E-state index contributed by atoms with van der Waals surface area (Å²) < 4.78 is 35.6. The van der Waals surface area contributed by atoms with Gasteiger partial charge in [0.2, 0.25) is 0 Å². The molecule has 4 atom stereocenters. The number of rotatable bonds is 3. The van der Waals surface area contributed by atoms with Gasteiger partial charge in [-0.25, -0.2) is 18.7 Å². The molecule has 0 radical (unpaired) electrons. The normalized spacial score (nSPS) is 31.8. The van der Waals surface area contributed by atoms with E-state index in [-0.39, 0.29) is 16.9 Å². The van der Waals surface area contributed by atoms with Crippen LogP contribution in [0.1, 0.15) is 13.2 Å². The third kappa shape index (κ3) is 1.97. The predicted molar refractivity (Wildman–Crippen MR) is 73.5 cm³/mol. The first-order chi connectivity index (χ1) is 10.4. The van der Waals surface area contributed by atoms with Gasteiger partial charge in [-0.15, -0.1) is 0 Å². The minimum absolute atomic E-state index is 0.103. The highest BCUT2D eigenvalue weighted by Crippen LogP contribution is 2.43. The summed E-state index contributed by atoms with van der Waals surface area (Å²) in [6, 6.07) is 0. The maximum absolute atomic E-state index is 14.8. The van der Waals surface area contributed by atoms with E-state index in [9.17, 15) is 13.9 Å². The molecule has 1 saturated heterocycles. The van der Waals surface area contributed by atoms with Crippen LogP contribution in [0.25, 0.3) is 11.0 Å². The van der Waals surface area contributed by atoms with Gasteiger partial charge in [0.05, 0.1) is 12.0 Å². The molecule has 0 spiro atoms. The predicted octanol–water partition coefficient (Wildman–Crippen LogP) is 0.591. The number of hydrogen-bond acceptors (Lipinski definition) is 6. The van der Waals surface area contributed by atoms with Gasteiger partial charge in [0.1, 0.15) is 24.4 Å². The van der Waals surface area contributed by atoms with Crippen LogP contribution < -0.4 is 5.32 Å². The summed E-state index contributed by atoms with van der Waals surface area (Å²) in [5, 5.41) is 21.9. The highest BCUT2D eigenvalue weighted by molar-refractivity contribution is 5.88. The van der Waals surface area contributed by atoms with Crippen LogP contribution in [0.4, 0.5) is 14.6 Å². The smallest absolute Gasteiger partial charge is 0.181 e. The van der Waals surface area contributed by atoms with E-state index in [2.05, 4.69) is 15.3 Å². The molecule has 0 amide bonds. The van der Waals surface area contributed by atoms with Crippen LogP contribution in [0.15, 0.2) is 12.5 Å². The van der Waals surface area contributed by atoms with Crippen LogP contribution >= 0.6 is 0 Å². The average Bonchev–Trinajstić information content (AvgIpc) is 2.95. The van der Waals surface area contributed by atoms with E-state index in [1.54, 1.807) is 7.05 Å². The van der Waals surface area contributed by atoms with Crippen molar-refractivity contribution < 1.29 is 23.7 Å². The van der Waals surface area contributed by atoms with E-state index in [1.807, 2.05) is 0 Å². The van der Waals surface area contributed by atoms with Crippen LogP contribution in [0, 0.1) is 5.82 Å². The summed E-state index contributed by atoms with van der Waals surface area (Å²) in [5.74, 6) is -0.375. The molecule has 3 heterocycles. The molecule has 3 rings (SSSR count). The third-order valence-corrected chi connectivity index (χ3v) is 3.95. The lowest BCUT2D eigenvalue weighted by Crippen LogP contribution is -2.40. The largest absolute Gasteiger partial charge is 0.394 e. The second kappa shape index (κ2) is 5.11. The molecule has 0 aliphatic carbocycles. The van der Waals surface area contributed by atoms with Crippen molar-refractivity contribution in [3.63, 3.8) is 0 Å². The van der Waals surface area contributed by atoms with Gasteiger partial charge in [-0.05, 0) is 6.92 Å². The summed E-state index contributed by atoms with van der Waals surface area (Å²) >= 11 is 0. The number of ether oxygens (including phenoxy) is 1. The quantitative estimate of drug-likeness (QED) is 0.768. The van der Waals surface area contributed by atoms with Gasteiger partial charge in [0, 0.05) is 13.2 Å². The molecule has 120 valence electrons. The van der Waals surface area contributed by atoms with Crippen molar-refractivity contribution in [2.45, 2.75) is 31.0 Å². The number of aromatic nitrogens is 3. The van der Waals surface area contributed by atoms with Gasteiger partial charge in [-0.1, -0.05) is 0 Å². The Hall–Kier alpha value is -1.84. The third-order valence-electron chi connectivity index (χ3n) is 3.95. The van der Waals surface area contributed by atoms with Crippen LogP contribution in [-0.4, -0.2) is 56.3 Å². The topological polar surface area (TPSA) is 92.4 Å². The molecule has 1 fully saturated rings. The first kappa shape index (κ1) is 15.1. The molecular formula is C13H16F2N4O3. The number of alkyl halides is 1. The van der Waals surface area contributed by atoms with Crippen molar-refractivity contribution >= 4 is 16.9 Å². The fourth-order valence-electron chi connectivity index (χ4n) is 2.77. The monoisotopic (exact) mass is 314 g/mol. The number of halogens is 2. The first-order valence-corrected chi connectivity index (χ1v) is 6.74. The van der Waals surface area contributed by atoms with Crippen molar-refractivity contribution in [1.29, 1.82) is 0 Å². The van der Waals surface area contributed by atoms with Crippen LogP contribution in [0.5, 0.6) is 0 Å². The second-order valence-corrected chi connectivity index (χ2v) is 5.36. The van der Waals surface area contributed by atoms with Crippen LogP contribution in [0.3, 0.4) is 0 Å². The number of fused-ring (bicyclic) bond motifs is 1. The second-order valence-electron chi connectivity index (χ2n) is 5.36. The lowest BCUT2D eigenvalue weighted by atomic mass is 9.98. The van der Waals surface area contributed by atoms with Gasteiger partial charge in [0.15, 0.2) is 23.4 Å². The van der Waals surface area contributed by atoms with Gasteiger partial charge in [0.25, 0.3) is 0 Å². The lowest BCUT2D eigenvalue weighted by Gasteiger charge is -2.25. The Labute approximate surface area is 124 Å². The molecule has 2 aromatic rings. The first-order valence-electron chi connectivity index (χ1n) is 6.74. The summed E-state index contributed by atoms with van der Waals surface area (Å²) in [7, 11) is 1.58. The summed E-state index contributed by atoms with van der Waals surface area (Å²) in [5.41, 5.74) is -2.08.